The molecule has 3 aliphatic heterocycles. The average molecular weight is 1810 g/mol. The molecule has 29 heteroatoms. The van der Waals surface area contributed by atoms with Crippen LogP contribution in [-0.4, -0.2) is 202 Å². The summed E-state index contributed by atoms with van der Waals surface area (Å²) in [5.74, 6) is -3.98. The lowest BCUT2D eigenvalue weighted by molar-refractivity contribution is -0.128. The van der Waals surface area contributed by atoms with Gasteiger partial charge in [-0.3, -0.25) is 43.2 Å². The molecule has 0 bridgehead atoms. The zero-order chi connectivity index (χ0) is 89.4. The van der Waals surface area contributed by atoms with Gasteiger partial charge in [-0.05, 0) is 118 Å². The van der Waals surface area contributed by atoms with E-state index < -0.39 is 59.5 Å². The molecule has 3 aromatic carbocycles. The summed E-state index contributed by atoms with van der Waals surface area (Å²) < 4.78 is 47.7. The van der Waals surface area contributed by atoms with E-state index in [1.165, 1.54) is 58.6 Å². The van der Waals surface area contributed by atoms with E-state index in [2.05, 4.69) is 51.6 Å². The number of Topliss-reactive ketones (excluding diaryl/α,β-unsaturated/α-hetero) is 6. The largest absolute Gasteiger partial charge is 0.377 e. The number of ether oxygens (including phenoxy) is 6. The van der Waals surface area contributed by atoms with Gasteiger partial charge in [0.2, 0.25) is 17.7 Å². The van der Waals surface area contributed by atoms with E-state index in [4.69, 9.17) is 40.0 Å². The molecular formula is C96H138ClFN6O18S3. The third kappa shape index (κ3) is 43.6. The number of hydrogen-bond donors (Lipinski definition) is 6. The molecule has 3 saturated carbocycles. The first-order valence-corrected chi connectivity index (χ1v) is 47.8. The van der Waals surface area contributed by atoms with Crippen LogP contribution in [0.2, 0.25) is 5.02 Å². The Balaban J connectivity index is 0.000000289. The van der Waals surface area contributed by atoms with Gasteiger partial charge in [0.25, 0.3) is 0 Å². The van der Waals surface area contributed by atoms with Crippen LogP contribution in [0.15, 0.2) is 116 Å². The van der Waals surface area contributed by atoms with Gasteiger partial charge in [0.15, 0.2) is 32.7 Å². The first-order chi connectivity index (χ1) is 59.7. The quantitative estimate of drug-likeness (QED) is 0.0689. The molecule has 3 heterocycles. The number of carbonyl (C=O) groups excluding carboxylic acids is 12. The highest BCUT2D eigenvalue weighted by molar-refractivity contribution is 8.14. The minimum Gasteiger partial charge on any atom is -0.377 e. The Bertz CT molecular complexity index is 3940. The third-order valence-corrected chi connectivity index (χ3v) is 26.7. The van der Waals surface area contributed by atoms with Crippen molar-refractivity contribution in [1.82, 2.24) is 31.9 Å². The Labute approximate surface area is 758 Å². The van der Waals surface area contributed by atoms with Gasteiger partial charge in [-0.25, -0.2) is 4.39 Å². The number of rotatable bonds is 18. The number of hydrogen-bond acceptors (Lipinski definition) is 24. The maximum Gasteiger partial charge on any atom is 0.224 e. The van der Waals surface area contributed by atoms with E-state index in [1.54, 1.807) is 18.2 Å². The molecule has 3 aliphatic carbocycles. The molecule has 3 amide bonds. The normalized spacial score (nSPS) is 25.0. The van der Waals surface area contributed by atoms with Gasteiger partial charge in [-0.15, -0.1) is 0 Å². The highest BCUT2D eigenvalue weighted by atomic mass is 35.5. The molecule has 0 unspecified atom stereocenters. The highest BCUT2D eigenvalue weighted by Gasteiger charge is 2.36. The molecule has 6 N–H and O–H groups in total. The second-order valence-electron chi connectivity index (χ2n) is 33.8. The summed E-state index contributed by atoms with van der Waals surface area (Å²) in [4.78, 5) is 157. The van der Waals surface area contributed by atoms with E-state index in [0.717, 1.165) is 111 Å². The Morgan fingerprint density at radius 1 is 0.392 bits per heavy atom. The first kappa shape index (κ1) is 107. The maximum atomic E-state index is 14.0. The van der Waals surface area contributed by atoms with Crippen molar-refractivity contribution in [2.24, 2.45) is 53.3 Å². The Morgan fingerprint density at radius 2 is 0.696 bits per heavy atom. The standard InChI is InChI=1S/C32H45ClN2O6S.C32H46N2O6S.C31H43FN2O6S.CH4/c1-22-20-41-14-13-40-12-11-34-31(38)27(15-23(2)36)21-42-32(39)26(16-25-9-6-10-28(33)17-25)19-30(37)29(35-22)18-24-7-4-3-5-8-24;1-23-21-40-16-15-39-14-13-33-31(37)28(17-24(2)35)22-41-32(38)27(18-25-9-5-3-6-10-25)20-30(36)29(34-23)19-26-11-7-4-8-12-26;1-21-19-40-13-12-39-11-10-33-30(37)26(14-22(2)35)20-41-31(38)25(15-24-8-5-9-27(32)16-24)18-29(36)28(34-21)17-23-6-3-4-7-23;/h6,9-10,17,24,26-27,29,35H,1,3-5,7-8,11-16,18-21H2,2H3,(H,34,38);3,5-6,9-10,26-29,34H,1,4,7-8,11-22H2,2H3,(H,33,37);5,8-9,16,23,25-26,28,34H,1,3-4,6-7,10-15,17-20H2,2H3,(H,33,37);1H4/t26-,27+,29+;27-,28+,29+;25-,26+,28+;/m111./s1. The highest BCUT2D eigenvalue weighted by Crippen LogP contribution is 2.35. The maximum absolute atomic E-state index is 14.0. The minimum absolute atomic E-state index is 0. The summed E-state index contributed by atoms with van der Waals surface area (Å²) >= 11 is 9.26. The molecule has 0 aromatic heterocycles. The van der Waals surface area contributed by atoms with Crippen LogP contribution >= 0.6 is 46.9 Å². The van der Waals surface area contributed by atoms with Crippen LogP contribution < -0.4 is 31.9 Å². The lowest BCUT2D eigenvalue weighted by Gasteiger charge is -2.28. The summed E-state index contributed by atoms with van der Waals surface area (Å²) in [6, 6.07) is 21.6. The SMILES string of the molecule is C.C=C1COCCOCCNC(=O)[C@@H](CC(C)=O)CSC(=O)[C@H](Cc2cccc(Cl)c2)CC(=O)[C@H](CC2CCCCC2)N1.C=C1COCCOCCNC(=O)[C@@H](CC(C)=O)CSC(=O)[C@H](Cc2cccc(F)c2)CC(=O)[C@H](CC2CCCC2)N1.C=C1COCCOCCNC(=O)[C@@H](CC(C)=O)CSC(=O)[C@H](Cc2ccccc2)CC(=O)[C@H](CC2CCCCC2)N1. The summed E-state index contributed by atoms with van der Waals surface area (Å²) in [6.45, 7) is 21.0. The van der Waals surface area contributed by atoms with Gasteiger partial charge < -0.3 is 74.7 Å². The number of thioether (sulfide) groups is 3. The van der Waals surface area contributed by atoms with Crippen LogP contribution in [-0.2, 0) is 105 Å². The molecule has 9 rings (SSSR count). The lowest BCUT2D eigenvalue weighted by Crippen LogP contribution is -2.40. The van der Waals surface area contributed by atoms with Crippen molar-refractivity contribution in [3.63, 3.8) is 0 Å². The zero-order valence-corrected chi connectivity index (χ0v) is 76.2. The van der Waals surface area contributed by atoms with E-state index in [-0.39, 0.29) is 177 Å². The second kappa shape index (κ2) is 60.5. The first-order valence-electron chi connectivity index (χ1n) is 44.4. The fourth-order valence-electron chi connectivity index (χ4n) is 16.5. The molecule has 6 aliphatic rings. The summed E-state index contributed by atoms with van der Waals surface area (Å²) in [6.07, 6.45) is 19.2. The van der Waals surface area contributed by atoms with Gasteiger partial charge in [0, 0.05) is 115 Å². The Hall–Kier alpha value is -7.25. The average Bonchev–Trinajstić information content (AvgIpc) is 1.51. The summed E-state index contributed by atoms with van der Waals surface area (Å²) in [7, 11) is 0. The molecule has 0 spiro atoms. The molecule has 24 nitrogen and oxygen atoms in total. The van der Waals surface area contributed by atoms with E-state index in [0.29, 0.717) is 137 Å². The topological polar surface area (TPSA) is 332 Å². The number of benzene rings is 3. The molecule has 6 fully saturated rings. The van der Waals surface area contributed by atoms with E-state index in [9.17, 15) is 61.9 Å². The molecule has 3 saturated heterocycles. The number of amides is 3. The Morgan fingerprint density at radius 3 is 1.02 bits per heavy atom. The summed E-state index contributed by atoms with van der Waals surface area (Å²) in [5, 5.41) is 18.3. The predicted molar refractivity (Wildman–Crippen MR) is 491 cm³/mol. The zero-order valence-electron chi connectivity index (χ0n) is 73.0. The third-order valence-electron chi connectivity index (χ3n) is 22.9. The molecule has 692 valence electrons. The molecular weight excluding hydrogens is 1680 g/mol. The van der Waals surface area contributed by atoms with Gasteiger partial charge >= 0.3 is 0 Å². The van der Waals surface area contributed by atoms with Gasteiger partial charge in [-0.2, -0.15) is 0 Å². The number of halogens is 2. The van der Waals surface area contributed by atoms with Crippen LogP contribution in [0, 0.1) is 59.1 Å². The molecule has 0 radical (unpaired) electrons. The van der Waals surface area contributed by atoms with Crippen molar-refractivity contribution >= 4 is 115 Å². The monoisotopic (exact) mass is 1810 g/mol. The van der Waals surface area contributed by atoms with Crippen molar-refractivity contribution in [3.05, 3.63) is 143 Å². The van der Waals surface area contributed by atoms with Crippen molar-refractivity contribution in [1.29, 1.82) is 0 Å². The van der Waals surface area contributed by atoms with Crippen LogP contribution in [0.1, 0.15) is 193 Å². The molecule has 3 aromatic rings. The van der Waals surface area contributed by atoms with Crippen molar-refractivity contribution in [3.8, 4) is 0 Å². The molecule has 125 heavy (non-hydrogen) atoms. The number of carbonyl (C=O) groups is 12. The Kier molecular flexibility index (Phi) is 51.6. The smallest absolute Gasteiger partial charge is 0.224 e. The molecule has 9 atom stereocenters. The second-order valence-corrected chi connectivity index (χ2v) is 37.3. The predicted octanol–water partition coefficient (Wildman–Crippen LogP) is 13.8. The van der Waals surface area contributed by atoms with Crippen LogP contribution in [0.3, 0.4) is 0 Å². The van der Waals surface area contributed by atoms with E-state index in [1.807, 2.05) is 48.5 Å². The van der Waals surface area contributed by atoms with Crippen LogP contribution in [0.5, 0.6) is 0 Å². The van der Waals surface area contributed by atoms with Crippen LogP contribution in [0.25, 0.3) is 0 Å². The fraction of sp³-hybridized carbons (Fsp3) is 0.625. The van der Waals surface area contributed by atoms with Crippen LogP contribution in [0.4, 0.5) is 4.39 Å². The number of nitrogens with one attached hydrogen (secondary N) is 6. The van der Waals surface area contributed by atoms with Crippen molar-refractivity contribution < 1.29 is 90.3 Å². The van der Waals surface area contributed by atoms with Gasteiger partial charge in [-0.1, -0.05) is 219 Å². The minimum atomic E-state index is -0.719. The van der Waals surface area contributed by atoms with Crippen molar-refractivity contribution in [2.75, 3.05) is 116 Å². The van der Waals surface area contributed by atoms with Crippen molar-refractivity contribution in [2.45, 2.75) is 213 Å². The lowest BCUT2D eigenvalue weighted by atomic mass is 9.82. The van der Waals surface area contributed by atoms with Gasteiger partial charge in [0.1, 0.15) is 23.2 Å². The summed E-state index contributed by atoms with van der Waals surface area (Å²) in [5.41, 5.74) is 4.29. The fourth-order valence-corrected chi connectivity index (χ4v) is 19.8. The van der Waals surface area contributed by atoms with Gasteiger partial charge in [0.05, 0.1) is 115 Å². The van der Waals surface area contributed by atoms with E-state index >= 15 is 0 Å². The number of ketones is 6.